The Morgan fingerprint density at radius 2 is 1.30 bits per heavy atom. The monoisotopic (exact) mass is 342 g/mol. The highest BCUT2D eigenvalue weighted by Crippen LogP contribution is 2.15. The minimum absolute atomic E-state index is 0.0215. The van der Waals surface area contributed by atoms with E-state index in [4.69, 9.17) is 5.26 Å². The lowest BCUT2D eigenvalue weighted by Crippen LogP contribution is -2.03. The largest absolute Gasteiger partial charge is 0.323 e. The Labute approximate surface area is 140 Å². The third-order valence-corrected chi connectivity index (χ3v) is 5.17. The molecule has 0 saturated heterocycles. The predicted octanol–water partition coefficient (Wildman–Crippen LogP) is 5.33. The third-order valence-electron chi connectivity index (χ3n) is 4.13. The lowest BCUT2D eigenvalue weighted by molar-refractivity contribution is -0.130. The van der Waals surface area contributed by atoms with Crippen molar-refractivity contribution in [2.45, 2.75) is 82.4 Å². The molecule has 132 valence electrons. The quantitative estimate of drug-likeness (QED) is 0.299. The van der Waals surface area contributed by atoms with Gasteiger partial charge in [-0.15, -0.1) is 4.33 Å². The minimum atomic E-state index is -4.00. The van der Waals surface area contributed by atoms with Crippen LogP contribution in [-0.2, 0) is 20.9 Å². The molecule has 0 amide bonds. The molecule has 0 aliphatic rings. The Hall–Kier alpha value is -0.910. The Morgan fingerprint density at radius 1 is 0.826 bits per heavy atom. The average molecular weight is 343 g/mol. The molecule has 0 saturated carbocycles. The predicted molar refractivity (Wildman–Crippen MR) is 92.9 cm³/mol. The van der Waals surface area contributed by atoms with Crippen molar-refractivity contribution in [2.24, 2.45) is 0 Å². The van der Waals surface area contributed by atoms with Crippen molar-refractivity contribution in [1.82, 2.24) is 0 Å². The van der Waals surface area contributed by atoms with Gasteiger partial charge in [-0.2, -0.15) is 8.42 Å². The van der Waals surface area contributed by atoms with Crippen LogP contribution >= 0.6 is 0 Å². The summed E-state index contributed by atoms with van der Waals surface area (Å²) >= 11 is 0. The SMILES string of the molecule is CCCCCCCCCCCCc1ccc(S(=O)(=O)OO)cc1. The van der Waals surface area contributed by atoms with E-state index in [0.717, 1.165) is 18.4 Å². The van der Waals surface area contributed by atoms with E-state index in [2.05, 4.69) is 11.3 Å². The maximum Gasteiger partial charge on any atom is 0.323 e. The van der Waals surface area contributed by atoms with E-state index in [-0.39, 0.29) is 4.90 Å². The fourth-order valence-electron chi connectivity index (χ4n) is 2.68. The van der Waals surface area contributed by atoms with Crippen molar-refractivity contribution in [3.8, 4) is 0 Å². The molecule has 4 nitrogen and oxygen atoms in total. The first kappa shape index (κ1) is 20.1. The maximum absolute atomic E-state index is 11.3. The third kappa shape index (κ3) is 8.49. The fourth-order valence-corrected chi connectivity index (χ4v) is 3.24. The average Bonchev–Trinajstić information content (AvgIpc) is 2.57. The number of hydrogen-bond donors (Lipinski definition) is 1. The molecule has 0 fully saturated rings. The van der Waals surface area contributed by atoms with Gasteiger partial charge < -0.3 is 0 Å². The summed E-state index contributed by atoms with van der Waals surface area (Å²) in [7, 11) is -4.00. The summed E-state index contributed by atoms with van der Waals surface area (Å²) in [6.07, 6.45) is 14.0. The van der Waals surface area contributed by atoms with E-state index in [0.29, 0.717) is 0 Å². The summed E-state index contributed by atoms with van der Waals surface area (Å²) in [6.45, 7) is 2.24. The fraction of sp³-hybridized carbons (Fsp3) is 0.667. The number of unbranched alkanes of at least 4 members (excludes halogenated alkanes) is 9. The number of rotatable bonds is 13. The van der Waals surface area contributed by atoms with Gasteiger partial charge in [-0.1, -0.05) is 76.8 Å². The number of aryl methyl sites for hydroxylation is 1. The molecule has 0 radical (unpaired) electrons. The van der Waals surface area contributed by atoms with Crippen LogP contribution in [0.15, 0.2) is 29.2 Å². The smallest absolute Gasteiger partial charge is 0.235 e. The molecule has 0 aliphatic heterocycles. The van der Waals surface area contributed by atoms with Gasteiger partial charge in [0.25, 0.3) is 0 Å². The van der Waals surface area contributed by atoms with Crippen LogP contribution in [0.2, 0.25) is 0 Å². The van der Waals surface area contributed by atoms with Gasteiger partial charge in [-0.3, -0.25) is 0 Å². The van der Waals surface area contributed by atoms with E-state index in [1.807, 2.05) is 0 Å². The minimum Gasteiger partial charge on any atom is -0.235 e. The Balaban J connectivity index is 2.10. The van der Waals surface area contributed by atoms with Gasteiger partial charge in [-0.05, 0) is 30.5 Å². The van der Waals surface area contributed by atoms with Gasteiger partial charge in [0.1, 0.15) is 0 Å². The summed E-state index contributed by atoms with van der Waals surface area (Å²) in [6, 6.07) is 6.49. The van der Waals surface area contributed by atoms with Crippen LogP contribution in [-0.4, -0.2) is 13.7 Å². The van der Waals surface area contributed by atoms with E-state index in [9.17, 15) is 8.42 Å². The van der Waals surface area contributed by atoms with Gasteiger partial charge in [0, 0.05) is 0 Å². The van der Waals surface area contributed by atoms with Crippen molar-refractivity contribution in [1.29, 1.82) is 0 Å². The van der Waals surface area contributed by atoms with Crippen molar-refractivity contribution in [3.63, 3.8) is 0 Å². The molecule has 0 aliphatic carbocycles. The lowest BCUT2D eigenvalue weighted by atomic mass is 10.0. The molecule has 0 bridgehead atoms. The molecule has 23 heavy (non-hydrogen) atoms. The molecule has 5 heteroatoms. The van der Waals surface area contributed by atoms with Crippen LogP contribution in [0.4, 0.5) is 0 Å². The van der Waals surface area contributed by atoms with Crippen molar-refractivity contribution in [2.75, 3.05) is 0 Å². The first-order chi connectivity index (χ1) is 11.1. The number of benzene rings is 1. The van der Waals surface area contributed by atoms with E-state index < -0.39 is 10.1 Å². The molecule has 1 aromatic rings. The normalized spacial score (nSPS) is 11.7. The van der Waals surface area contributed by atoms with Crippen LogP contribution in [0.3, 0.4) is 0 Å². The molecule has 0 atom stereocenters. The molecular weight excluding hydrogens is 312 g/mol. The zero-order chi connectivity index (χ0) is 17.0. The van der Waals surface area contributed by atoms with Crippen LogP contribution < -0.4 is 0 Å². The molecule has 0 unspecified atom stereocenters. The Kier molecular flexibility index (Phi) is 10.2. The van der Waals surface area contributed by atoms with Gasteiger partial charge in [0.2, 0.25) is 0 Å². The van der Waals surface area contributed by atoms with Crippen LogP contribution in [0.1, 0.15) is 76.7 Å². The van der Waals surface area contributed by atoms with E-state index in [1.54, 1.807) is 12.1 Å². The zero-order valence-electron chi connectivity index (χ0n) is 14.2. The second-order valence-electron chi connectivity index (χ2n) is 6.10. The second kappa shape index (κ2) is 11.6. The van der Waals surface area contributed by atoms with Gasteiger partial charge in [0.15, 0.2) is 0 Å². The van der Waals surface area contributed by atoms with Gasteiger partial charge in [-0.25, -0.2) is 5.26 Å². The lowest BCUT2D eigenvalue weighted by Gasteiger charge is -2.04. The summed E-state index contributed by atoms with van der Waals surface area (Å²) in [5.41, 5.74) is 1.11. The molecule has 0 aromatic heterocycles. The maximum atomic E-state index is 11.3. The van der Waals surface area contributed by atoms with Gasteiger partial charge in [0.05, 0.1) is 4.90 Å². The molecule has 1 aromatic carbocycles. The van der Waals surface area contributed by atoms with Gasteiger partial charge >= 0.3 is 10.1 Å². The van der Waals surface area contributed by atoms with E-state index in [1.165, 1.54) is 69.9 Å². The second-order valence-corrected chi connectivity index (χ2v) is 7.63. The summed E-state index contributed by atoms with van der Waals surface area (Å²) < 4.78 is 26.1. The Bertz CT molecular complexity index is 508. The Morgan fingerprint density at radius 3 is 1.78 bits per heavy atom. The van der Waals surface area contributed by atoms with Crippen molar-refractivity contribution in [3.05, 3.63) is 29.8 Å². The highest BCUT2D eigenvalue weighted by Gasteiger charge is 2.13. The first-order valence-corrected chi connectivity index (χ1v) is 10.2. The van der Waals surface area contributed by atoms with E-state index >= 15 is 0 Å². The molecule has 1 rings (SSSR count). The standard InChI is InChI=1S/C18H30O4S/c1-2-3-4-5-6-7-8-9-10-11-12-17-13-15-18(16-14-17)23(20,21)22-19/h13-16,19H,2-12H2,1H3. The van der Waals surface area contributed by atoms with Crippen LogP contribution in [0, 0.1) is 0 Å². The summed E-state index contributed by atoms with van der Waals surface area (Å²) in [4.78, 5) is -0.0215. The zero-order valence-corrected chi connectivity index (χ0v) is 15.0. The molecule has 1 N–H and O–H groups in total. The summed E-state index contributed by atoms with van der Waals surface area (Å²) in [5.74, 6) is 0. The molecular formula is C18H30O4S. The number of hydrogen-bond acceptors (Lipinski definition) is 4. The van der Waals surface area contributed by atoms with Crippen molar-refractivity contribution < 1.29 is 18.0 Å². The van der Waals surface area contributed by atoms with Crippen molar-refractivity contribution >= 4 is 10.1 Å². The first-order valence-electron chi connectivity index (χ1n) is 8.77. The molecule has 0 heterocycles. The molecule has 0 spiro atoms. The topological polar surface area (TPSA) is 63.6 Å². The van der Waals surface area contributed by atoms with Crippen LogP contribution in [0.5, 0.6) is 0 Å². The van der Waals surface area contributed by atoms with Crippen LogP contribution in [0.25, 0.3) is 0 Å². The summed E-state index contributed by atoms with van der Waals surface area (Å²) in [5, 5.41) is 8.33. The highest BCUT2D eigenvalue weighted by atomic mass is 32.2. The highest BCUT2D eigenvalue weighted by molar-refractivity contribution is 7.86.